The first kappa shape index (κ1) is 14.9. The smallest absolute Gasteiger partial charge is 0.265 e. The maximum absolute atomic E-state index is 12.8. The van der Waals surface area contributed by atoms with Gasteiger partial charge in [0.15, 0.2) is 5.78 Å². The molecule has 0 bridgehead atoms. The zero-order valence-electron chi connectivity index (χ0n) is 12.1. The fraction of sp³-hybridized carbons (Fsp3) is 0.118. The maximum atomic E-state index is 12.8. The highest BCUT2D eigenvalue weighted by Gasteiger charge is 2.10. The molecule has 0 aliphatic carbocycles. The van der Waals surface area contributed by atoms with Crippen LogP contribution in [0.4, 0.5) is 0 Å². The van der Waals surface area contributed by atoms with Crippen molar-refractivity contribution in [2.75, 3.05) is 0 Å². The van der Waals surface area contributed by atoms with Crippen LogP contribution in [0.25, 0.3) is 16.6 Å². The van der Waals surface area contributed by atoms with E-state index >= 15 is 0 Å². The Morgan fingerprint density at radius 2 is 1.82 bits per heavy atom. The lowest BCUT2D eigenvalue weighted by Gasteiger charge is -2.11. The van der Waals surface area contributed by atoms with Crippen molar-refractivity contribution in [3.8, 4) is 5.69 Å². The van der Waals surface area contributed by atoms with E-state index in [1.54, 1.807) is 35.8 Å². The summed E-state index contributed by atoms with van der Waals surface area (Å²) >= 11 is 2.18. The van der Waals surface area contributed by atoms with Gasteiger partial charge in [-0.2, -0.15) is 0 Å². The second-order valence-corrected chi connectivity index (χ2v) is 6.31. The number of aromatic nitrogens is 2. The normalized spacial score (nSPS) is 10.9. The second-order valence-electron chi connectivity index (χ2n) is 5.06. The molecular weight excluding hydrogens is 391 g/mol. The zero-order chi connectivity index (χ0) is 15.9. The summed E-state index contributed by atoms with van der Waals surface area (Å²) < 4.78 is 2.56. The quantitative estimate of drug-likeness (QED) is 0.486. The Morgan fingerprint density at radius 3 is 2.45 bits per heavy atom. The van der Waals surface area contributed by atoms with Gasteiger partial charge in [0.1, 0.15) is 5.82 Å². The number of aryl methyl sites for hydroxylation is 1. The summed E-state index contributed by atoms with van der Waals surface area (Å²) in [4.78, 5) is 28.6. The molecule has 1 aromatic heterocycles. The predicted molar refractivity (Wildman–Crippen MR) is 94.8 cm³/mol. The van der Waals surface area contributed by atoms with Crippen LogP contribution in [0, 0.1) is 10.5 Å². The van der Waals surface area contributed by atoms with Gasteiger partial charge < -0.3 is 0 Å². The molecule has 0 fully saturated rings. The summed E-state index contributed by atoms with van der Waals surface area (Å²) in [5, 5.41) is 0.591. The molecule has 0 radical (unpaired) electrons. The van der Waals surface area contributed by atoms with E-state index in [9.17, 15) is 9.59 Å². The van der Waals surface area contributed by atoms with Crippen LogP contribution in [-0.4, -0.2) is 15.3 Å². The molecular formula is C17H13IN2O2. The van der Waals surface area contributed by atoms with E-state index in [2.05, 4.69) is 27.6 Å². The predicted octanol–water partition coefficient (Wildman–Crippen LogP) is 3.50. The number of hydrogen-bond donors (Lipinski definition) is 0. The standard InChI is InChI=1S/C17H13IN2O2/c1-10(21)12-3-6-14(7-4-12)20-11(2)19-16-8-5-13(18)9-15(16)17(20)22/h3-9H,1-2H3. The summed E-state index contributed by atoms with van der Waals surface area (Å²) in [6, 6.07) is 12.6. The Balaban J connectivity index is 2.26. The Morgan fingerprint density at radius 1 is 1.14 bits per heavy atom. The largest absolute Gasteiger partial charge is 0.295 e. The number of nitrogens with zero attached hydrogens (tertiary/aromatic N) is 2. The minimum Gasteiger partial charge on any atom is -0.295 e. The number of carbonyl (C=O) groups excluding carboxylic acids is 1. The SMILES string of the molecule is CC(=O)c1ccc(-n2c(C)nc3ccc(I)cc3c2=O)cc1. The minimum absolute atomic E-state index is 0.00168. The minimum atomic E-state index is -0.100. The topological polar surface area (TPSA) is 52.0 Å². The van der Waals surface area contributed by atoms with Crippen LogP contribution in [0.15, 0.2) is 47.3 Å². The van der Waals surface area contributed by atoms with Gasteiger partial charge in [-0.15, -0.1) is 0 Å². The monoisotopic (exact) mass is 404 g/mol. The van der Waals surface area contributed by atoms with E-state index in [4.69, 9.17) is 0 Å². The molecule has 22 heavy (non-hydrogen) atoms. The Labute approximate surface area is 140 Å². The Bertz CT molecular complexity index is 943. The molecule has 3 aromatic rings. The molecule has 1 heterocycles. The van der Waals surface area contributed by atoms with Crippen molar-refractivity contribution in [2.45, 2.75) is 13.8 Å². The summed E-state index contributed by atoms with van der Waals surface area (Å²) in [7, 11) is 0. The van der Waals surface area contributed by atoms with Gasteiger partial charge in [-0.05, 0) is 78.9 Å². The maximum Gasteiger partial charge on any atom is 0.265 e. The van der Waals surface area contributed by atoms with Crippen molar-refractivity contribution >= 4 is 39.3 Å². The molecule has 0 N–H and O–H groups in total. The molecule has 0 amide bonds. The van der Waals surface area contributed by atoms with E-state index in [1.165, 1.54) is 6.92 Å². The van der Waals surface area contributed by atoms with Crippen molar-refractivity contribution in [1.82, 2.24) is 9.55 Å². The first-order chi connectivity index (χ1) is 10.5. The van der Waals surface area contributed by atoms with E-state index in [0.717, 1.165) is 3.57 Å². The number of hydrogen-bond acceptors (Lipinski definition) is 3. The third-order valence-corrected chi connectivity index (χ3v) is 4.20. The summed E-state index contributed by atoms with van der Waals surface area (Å²) in [5.74, 6) is 0.621. The molecule has 0 aliphatic heterocycles. The number of rotatable bonds is 2. The number of benzene rings is 2. The summed E-state index contributed by atoms with van der Waals surface area (Å²) in [6.07, 6.45) is 0. The van der Waals surface area contributed by atoms with Crippen LogP contribution in [0.2, 0.25) is 0 Å². The van der Waals surface area contributed by atoms with E-state index in [1.807, 2.05) is 18.2 Å². The number of Topliss-reactive ketones (excluding diaryl/α,β-unsaturated/α-hetero) is 1. The van der Waals surface area contributed by atoms with Gasteiger partial charge in [0.25, 0.3) is 5.56 Å². The third-order valence-electron chi connectivity index (χ3n) is 3.53. The highest BCUT2D eigenvalue weighted by atomic mass is 127. The van der Waals surface area contributed by atoms with Gasteiger partial charge in [-0.25, -0.2) is 4.98 Å². The molecule has 110 valence electrons. The highest BCUT2D eigenvalue weighted by molar-refractivity contribution is 14.1. The van der Waals surface area contributed by atoms with Crippen LogP contribution >= 0.6 is 22.6 Å². The summed E-state index contributed by atoms with van der Waals surface area (Å²) in [6.45, 7) is 3.32. The molecule has 0 aliphatic rings. The molecule has 4 nitrogen and oxygen atoms in total. The molecule has 5 heteroatoms. The average molecular weight is 404 g/mol. The van der Waals surface area contributed by atoms with Gasteiger partial charge in [0.2, 0.25) is 0 Å². The number of halogens is 1. The summed E-state index contributed by atoms with van der Waals surface area (Å²) in [5.41, 5.74) is 1.93. The number of ketones is 1. The Kier molecular flexibility index (Phi) is 3.82. The average Bonchev–Trinajstić information content (AvgIpc) is 2.49. The van der Waals surface area contributed by atoms with Crippen molar-refractivity contribution in [3.63, 3.8) is 0 Å². The van der Waals surface area contributed by atoms with Gasteiger partial charge in [-0.3, -0.25) is 14.2 Å². The Hall–Kier alpha value is -2.02. The van der Waals surface area contributed by atoms with Gasteiger partial charge in [-0.1, -0.05) is 0 Å². The lowest BCUT2D eigenvalue weighted by Crippen LogP contribution is -2.22. The number of fused-ring (bicyclic) bond motifs is 1. The lowest BCUT2D eigenvalue weighted by atomic mass is 10.1. The first-order valence-electron chi connectivity index (χ1n) is 6.77. The van der Waals surface area contributed by atoms with Crippen LogP contribution in [0.5, 0.6) is 0 Å². The fourth-order valence-electron chi connectivity index (χ4n) is 2.42. The molecule has 0 saturated carbocycles. The second kappa shape index (κ2) is 5.64. The van der Waals surface area contributed by atoms with Gasteiger partial charge in [0.05, 0.1) is 16.6 Å². The number of carbonyl (C=O) groups is 1. The van der Waals surface area contributed by atoms with Gasteiger partial charge in [0, 0.05) is 9.13 Å². The molecule has 3 rings (SSSR count). The first-order valence-corrected chi connectivity index (χ1v) is 7.85. The van der Waals surface area contributed by atoms with Crippen molar-refractivity contribution in [2.24, 2.45) is 0 Å². The van der Waals surface area contributed by atoms with E-state index < -0.39 is 0 Å². The van der Waals surface area contributed by atoms with Crippen LogP contribution in [0.1, 0.15) is 23.1 Å². The molecule has 0 unspecified atom stereocenters. The molecule has 0 saturated heterocycles. The van der Waals surface area contributed by atoms with Crippen LogP contribution < -0.4 is 5.56 Å². The van der Waals surface area contributed by atoms with E-state index in [0.29, 0.717) is 28.0 Å². The van der Waals surface area contributed by atoms with Crippen molar-refractivity contribution in [1.29, 1.82) is 0 Å². The molecule has 2 aromatic carbocycles. The zero-order valence-corrected chi connectivity index (χ0v) is 14.3. The van der Waals surface area contributed by atoms with Crippen molar-refractivity contribution in [3.05, 3.63) is 67.8 Å². The fourth-order valence-corrected chi connectivity index (χ4v) is 2.91. The van der Waals surface area contributed by atoms with Crippen LogP contribution in [-0.2, 0) is 0 Å². The van der Waals surface area contributed by atoms with Crippen LogP contribution in [0.3, 0.4) is 0 Å². The van der Waals surface area contributed by atoms with E-state index in [-0.39, 0.29) is 11.3 Å². The third kappa shape index (κ3) is 2.56. The lowest BCUT2D eigenvalue weighted by molar-refractivity contribution is 0.101. The van der Waals surface area contributed by atoms with Crippen molar-refractivity contribution < 1.29 is 4.79 Å². The molecule has 0 atom stereocenters. The van der Waals surface area contributed by atoms with Gasteiger partial charge >= 0.3 is 0 Å². The molecule has 0 spiro atoms. The highest BCUT2D eigenvalue weighted by Crippen LogP contribution is 2.16.